The van der Waals surface area contributed by atoms with Crippen LogP contribution < -0.4 is 10.9 Å². The fraction of sp³-hybridized carbons (Fsp3) is 0.286. The number of alkyl halides is 3. The number of amides is 1. The molecule has 132 valence electrons. The summed E-state index contributed by atoms with van der Waals surface area (Å²) in [4.78, 5) is 30.5. The van der Waals surface area contributed by atoms with Gasteiger partial charge >= 0.3 is 6.18 Å². The Morgan fingerprint density at radius 1 is 1.40 bits per heavy atom. The summed E-state index contributed by atoms with van der Waals surface area (Å²) in [6.45, 7) is 1.59. The van der Waals surface area contributed by atoms with Gasteiger partial charge < -0.3 is 10.3 Å². The average molecular weight is 371 g/mol. The summed E-state index contributed by atoms with van der Waals surface area (Å²) in [5, 5.41) is 5.88. The van der Waals surface area contributed by atoms with Gasteiger partial charge in [0.2, 0.25) is 0 Å². The van der Waals surface area contributed by atoms with E-state index in [9.17, 15) is 22.8 Å². The van der Waals surface area contributed by atoms with E-state index in [4.69, 9.17) is 0 Å². The third kappa shape index (κ3) is 3.40. The van der Waals surface area contributed by atoms with Gasteiger partial charge in [0.25, 0.3) is 11.5 Å². The molecular weight excluding hydrogens is 359 g/mol. The maximum Gasteiger partial charge on any atom is 0.435 e. The molecule has 0 aliphatic heterocycles. The maximum absolute atomic E-state index is 13.0. The molecule has 0 bridgehead atoms. The number of aromatic nitrogens is 4. The molecule has 3 aromatic heterocycles. The first kappa shape index (κ1) is 17.1. The summed E-state index contributed by atoms with van der Waals surface area (Å²) in [7, 11) is 1.39. The van der Waals surface area contributed by atoms with Crippen molar-refractivity contribution in [3.8, 4) is 0 Å². The van der Waals surface area contributed by atoms with E-state index in [1.807, 2.05) is 0 Å². The Bertz CT molecular complexity index is 1020. The fourth-order valence-corrected chi connectivity index (χ4v) is 3.34. The lowest BCUT2D eigenvalue weighted by Crippen LogP contribution is -2.24. The maximum atomic E-state index is 13.0. The van der Waals surface area contributed by atoms with Crippen molar-refractivity contribution in [2.45, 2.75) is 19.6 Å². The summed E-state index contributed by atoms with van der Waals surface area (Å²) >= 11 is 0.910. The van der Waals surface area contributed by atoms with Crippen molar-refractivity contribution in [3.63, 3.8) is 0 Å². The van der Waals surface area contributed by atoms with Gasteiger partial charge in [-0.15, -0.1) is 11.3 Å². The van der Waals surface area contributed by atoms with E-state index in [0.29, 0.717) is 11.5 Å². The molecule has 0 saturated carbocycles. The van der Waals surface area contributed by atoms with E-state index in [2.05, 4.69) is 20.4 Å². The monoisotopic (exact) mass is 371 g/mol. The number of aromatic amines is 1. The molecule has 3 rings (SSSR count). The minimum atomic E-state index is -4.60. The highest BCUT2D eigenvalue weighted by molar-refractivity contribution is 7.20. The molecule has 0 aromatic carbocycles. The van der Waals surface area contributed by atoms with E-state index >= 15 is 0 Å². The van der Waals surface area contributed by atoms with Gasteiger partial charge in [-0.05, 0) is 13.0 Å². The van der Waals surface area contributed by atoms with Gasteiger partial charge in [0.1, 0.15) is 10.7 Å². The van der Waals surface area contributed by atoms with Crippen molar-refractivity contribution in [2.24, 2.45) is 7.05 Å². The molecule has 11 heteroatoms. The first-order valence-corrected chi connectivity index (χ1v) is 7.85. The highest BCUT2D eigenvalue weighted by Gasteiger charge is 2.37. The summed E-state index contributed by atoms with van der Waals surface area (Å²) in [6, 6.07) is 2.41. The number of halogens is 3. The van der Waals surface area contributed by atoms with E-state index < -0.39 is 17.8 Å². The molecule has 0 saturated heterocycles. The Morgan fingerprint density at radius 2 is 2.12 bits per heavy atom. The van der Waals surface area contributed by atoms with E-state index in [1.165, 1.54) is 19.2 Å². The van der Waals surface area contributed by atoms with Gasteiger partial charge in [-0.3, -0.25) is 14.3 Å². The van der Waals surface area contributed by atoms with Crippen LogP contribution in [0.15, 0.2) is 16.9 Å². The van der Waals surface area contributed by atoms with Crippen LogP contribution >= 0.6 is 11.3 Å². The van der Waals surface area contributed by atoms with Crippen LogP contribution in [0.25, 0.3) is 10.2 Å². The summed E-state index contributed by atoms with van der Waals surface area (Å²) in [6.07, 6.45) is -4.60. The molecule has 0 aliphatic rings. The van der Waals surface area contributed by atoms with Crippen LogP contribution in [-0.4, -0.2) is 25.7 Å². The lowest BCUT2D eigenvalue weighted by atomic mass is 10.2. The van der Waals surface area contributed by atoms with Crippen molar-refractivity contribution < 1.29 is 18.0 Å². The second kappa shape index (κ2) is 5.99. The van der Waals surface area contributed by atoms with Gasteiger partial charge in [0, 0.05) is 18.5 Å². The highest BCUT2D eigenvalue weighted by atomic mass is 32.1. The highest BCUT2D eigenvalue weighted by Crippen LogP contribution is 2.37. The zero-order valence-corrected chi connectivity index (χ0v) is 13.9. The third-order valence-electron chi connectivity index (χ3n) is 3.35. The predicted octanol–water partition coefficient (Wildman–Crippen LogP) is 1.98. The Labute approximate surface area is 142 Å². The number of hydrogen-bond acceptors (Lipinski definition) is 5. The molecule has 0 radical (unpaired) electrons. The van der Waals surface area contributed by atoms with Crippen molar-refractivity contribution in [2.75, 3.05) is 0 Å². The number of aryl methyl sites for hydroxylation is 2. The normalized spacial score (nSPS) is 11.9. The lowest BCUT2D eigenvalue weighted by Gasteiger charge is -2.04. The van der Waals surface area contributed by atoms with E-state index in [0.717, 1.165) is 16.0 Å². The minimum absolute atomic E-state index is 0.0117. The van der Waals surface area contributed by atoms with Crippen LogP contribution in [0, 0.1) is 6.92 Å². The Hall–Kier alpha value is -2.69. The van der Waals surface area contributed by atoms with Crippen LogP contribution in [0.5, 0.6) is 0 Å². The summed E-state index contributed by atoms with van der Waals surface area (Å²) < 4.78 is 40.0. The molecule has 1 amide bonds. The number of fused-ring (bicyclic) bond motifs is 1. The molecule has 0 spiro atoms. The second-order valence-corrected chi connectivity index (χ2v) is 6.33. The molecule has 3 aromatic rings. The number of nitrogens with one attached hydrogen (secondary N) is 2. The molecule has 0 atom stereocenters. The van der Waals surface area contributed by atoms with Crippen LogP contribution in [-0.2, 0) is 19.8 Å². The standard InChI is InChI=1S/C14H12F3N5O2S/c1-6-19-7(3-10(23)20-6)5-18-12(24)9-4-8-11(14(15,16)17)21-22(2)13(8)25-9/h3-4H,5H2,1-2H3,(H,18,24)(H,19,20,23). The number of carbonyl (C=O) groups excluding carboxylic acids is 1. The lowest BCUT2D eigenvalue weighted by molar-refractivity contribution is -0.140. The fourth-order valence-electron chi connectivity index (χ4n) is 2.35. The molecule has 0 fully saturated rings. The van der Waals surface area contributed by atoms with Crippen molar-refractivity contribution in [3.05, 3.63) is 44.6 Å². The largest absolute Gasteiger partial charge is 0.435 e. The zero-order chi connectivity index (χ0) is 18.4. The first-order chi connectivity index (χ1) is 11.6. The molecule has 2 N–H and O–H groups in total. The van der Waals surface area contributed by atoms with Crippen LogP contribution in [0.1, 0.15) is 26.9 Å². The van der Waals surface area contributed by atoms with E-state index in [1.54, 1.807) is 6.92 Å². The Morgan fingerprint density at radius 3 is 2.76 bits per heavy atom. The molecule has 0 unspecified atom stereocenters. The number of rotatable bonds is 3. The molecule has 7 nitrogen and oxygen atoms in total. The minimum Gasteiger partial charge on any atom is -0.346 e. The molecular formula is C14H12F3N5O2S. The van der Waals surface area contributed by atoms with Gasteiger partial charge in [-0.1, -0.05) is 0 Å². The topological polar surface area (TPSA) is 92.7 Å². The first-order valence-electron chi connectivity index (χ1n) is 7.04. The SMILES string of the molecule is Cc1nc(CNC(=O)c2cc3c(C(F)(F)F)nn(C)c3s2)cc(=O)[nH]1. The van der Waals surface area contributed by atoms with Crippen molar-refractivity contribution in [1.29, 1.82) is 0 Å². The summed E-state index contributed by atoms with van der Waals surface area (Å²) in [5.41, 5.74) is -1.01. The quantitative estimate of drug-likeness (QED) is 0.736. The van der Waals surface area contributed by atoms with Gasteiger partial charge in [0.15, 0.2) is 5.69 Å². The number of nitrogens with zero attached hydrogens (tertiary/aromatic N) is 3. The average Bonchev–Trinajstić information content (AvgIpc) is 3.04. The number of hydrogen-bond donors (Lipinski definition) is 2. The van der Waals surface area contributed by atoms with Gasteiger partial charge in [-0.2, -0.15) is 18.3 Å². The van der Waals surface area contributed by atoms with Crippen molar-refractivity contribution in [1.82, 2.24) is 25.1 Å². The van der Waals surface area contributed by atoms with Crippen molar-refractivity contribution >= 4 is 27.5 Å². The number of H-pyrrole nitrogens is 1. The number of carbonyl (C=O) groups is 1. The second-order valence-electron chi connectivity index (χ2n) is 5.30. The predicted molar refractivity (Wildman–Crippen MR) is 84.4 cm³/mol. The molecule has 3 heterocycles. The van der Waals surface area contributed by atoms with Crippen LogP contribution in [0.2, 0.25) is 0 Å². The smallest absolute Gasteiger partial charge is 0.346 e. The van der Waals surface area contributed by atoms with Gasteiger partial charge in [-0.25, -0.2) is 4.98 Å². The van der Waals surface area contributed by atoms with Crippen LogP contribution in [0.4, 0.5) is 13.2 Å². The Balaban J connectivity index is 1.84. The van der Waals surface area contributed by atoms with Crippen LogP contribution in [0.3, 0.4) is 0 Å². The summed E-state index contributed by atoms with van der Waals surface area (Å²) in [5.74, 6) is -0.145. The third-order valence-corrected chi connectivity index (χ3v) is 4.55. The molecule has 0 aliphatic carbocycles. The van der Waals surface area contributed by atoms with Gasteiger partial charge in [0.05, 0.1) is 17.1 Å². The van der Waals surface area contributed by atoms with E-state index in [-0.39, 0.29) is 27.2 Å². The zero-order valence-electron chi connectivity index (χ0n) is 13.1. The Kier molecular flexibility index (Phi) is 4.11. The molecule has 25 heavy (non-hydrogen) atoms. The number of thiophene rings is 1.